The van der Waals surface area contributed by atoms with Gasteiger partial charge in [-0.25, -0.2) is 5.48 Å². The molecule has 1 saturated carbocycles. The van der Waals surface area contributed by atoms with Gasteiger partial charge in [0.05, 0.1) is 12.7 Å². The lowest BCUT2D eigenvalue weighted by molar-refractivity contribution is -0.136. The maximum Gasteiger partial charge on any atom is 0.263 e. The van der Waals surface area contributed by atoms with Crippen LogP contribution < -0.4 is 15.5 Å². The van der Waals surface area contributed by atoms with Crippen molar-refractivity contribution < 1.29 is 19.8 Å². The van der Waals surface area contributed by atoms with Crippen LogP contribution in [0.15, 0.2) is 48.5 Å². The lowest BCUT2D eigenvalue weighted by Gasteiger charge is -2.35. The van der Waals surface area contributed by atoms with E-state index in [9.17, 15) is 15.1 Å². The van der Waals surface area contributed by atoms with Crippen molar-refractivity contribution in [3.05, 3.63) is 54.1 Å². The summed E-state index contributed by atoms with van der Waals surface area (Å²) < 4.78 is 5.98. The molecule has 0 radical (unpaired) electrons. The normalized spacial score (nSPS) is 22.5. The Hall–Kier alpha value is -2.06. The van der Waals surface area contributed by atoms with Crippen molar-refractivity contribution in [3.63, 3.8) is 0 Å². The number of nitrogens with one attached hydrogen (secondary N) is 2. The molecular weight excluding hydrogens is 436 g/mol. The molecule has 1 heterocycles. The van der Waals surface area contributed by atoms with Gasteiger partial charge in [0.1, 0.15) is 11.3 Å². The third-order valence-corrected chi connectivity index (χ3v) is 7.94. The third-order valence-electron chi connectivity index (χ3n) is 6.96. The lowest BCUT2D eigenvalue weighted by atomic mass is 9.88. The van der Waals surface area contributed by atoms with E-state index in [1.54, 1.807) is 0 Å². The largest absolute Gasteiger partial charge is 0.493 e. The van der Waals surface area contributed by atoms with Crippen molar-refractivity contribution in [2.45, 2.75) is 56.7 Å². The van der Waals surface area contributed by atoms with Crippen LogP contribution in [0.2, 0.25) is 0 Å². The van der Waals surface area contributed by atoms with Gasteiger partial charge in [0, 0.05) is 6.54 Å². The Morgan fingerprint density at radius 3 is 2.18 bits per heavy atom. The second-order valence-corrected chi connectivity index (χ2v) is 10.4. The van der Waals surface area contributed by atoms with Gasteiger partial charge < -0.3 is 9.84 Å². The van der Waals surface area contributed by atoms with Gasteiger partial charge >= 0.3 is 0 Å². The zero-order valence-corrected chi connectivity index (χ0v) is 19.8. The molecule has 4 rings (SSSR count). The first-order valence-electron chi connectivity index (χ1n) is 11.9. The fourth-order valence-corrected chi connectivity index (χ4v) is 5.86. The molecule has 2 aromatic carbocycles. The zero-order chi connectivity index (χ0) is 23.1. The highest BCUT2D eigenvalue weighted by Crippen LogP contribution is 2.29. The van der Waals surface area contributed by atoms with Crippen LogP contribution in [0.25, 0.3) is 11.1 Å². The number of hydrogen-bond acceptors (Lipinski definition) is 6. The van der Waals surface area contributed by atoms with E-state index in [0.29, 0.717) is 31.9 Å². The average molecular weight is 471 g/mol. The summed E-state index contributed by atoms with van der Waals surface area (Å²) in [7, 11) is 0. The van der Waals surface area contributed by atoms with Crippen LogP contribution >= 0.6 is 11.8 Å². The Bertz CT molecular complexity index is 890. The van der Waals surface area contributed by atoms with Gasteiger partial charge in [0.2, 0.25) is 0 Å². The Morgan fingerprint density at radius 1 is 0.970 bits per heavy atom. The van der Waals surface area contributed by atoms with E-state index in [2.05, 4.69) is 41.7 Å². The first-order valence-corrected chi connectivity index (χ1v) is 13.0. The molecule has 178 valence electrons. The maximum absolute atomic E-state index is 12.3. The summed E-state index contributed by atoms with van der Waals surface area (Å²) in [5, 5.41) is 22.2. The van der Waals surface area contributed by atoms with E-state index in [1.165, 1.54) is 0 Å². The van der Waals surface area contributed by atoms with Gasteiger partial charge in [-0.2, -0.15) is 11.8 Å². The zero-order valence-electron chi connectivity index (χ0n) is 19.0. The van der Waals surface area contributed by atoms with Crippen molar-refractivity contribution in [3.8, 4) is 16.9 Å². The molecule has 1 aliphatic heterocycles. The summed E-state index contributed by atoms with van der Waals surface area (Å²) in [5.74, 6) is 2.88. The molecule has 0 spiro atoms. The van der Waals surface area contributed by atoms with Crippen LogP contribution in [0.1, 0.15) is 44.1 Å². The minimum atomic E-state index is -0.702. The van der Waals surface area contributed by atoms with Gasteiger partial charge in [-0.3, -0.25) is 15.3 Å². The van der Waals surface area contributed by atoms with Crippen LogP contribution in [-0.2, 0) is 11.3 Å². The number of aliphatic hydroxyl groups is 1. The highest BCUT2D eigenvalue weighted by Gasteiger charge is 2.39. The molecule has 6 nitrogen and oxygen atoms in total. The number of aliphatic hydroxyl groups excluding tert-OH is 1. The molecule has 1 amide bonds. The molecular formula is C26H34N2O4S. The summed E-state index contributed by atoms with van der Waals surface area (Å²) in [5.41, 5.74) is 4.50. The topological polar surface area (TPSA) is 90.8 Å². The first kappa shape index (κ1) is 24.1. The lowest BCUT2D eigenvalue weighted by Crippen LogP contribution is -2.58. The molecule has 2 aromatic rings. The van der Waals surface area contributed by atoms with Gasteiger partial charge in [-0.05, 0) is 84.8 Å². The van der Waals surface area contributed by atoms with E-state index in [1.807, 2.05) is 29.4 Å². The second-order valence-electron chi connectivity index (χ2n) is 9.20. The molecule has 0 unspecified atom stereocenters. The molecule has 1 aliphatic carbocycles. The number of amides is 1. The number of benzene rings is 2. The number of carbonyl (C=O) groups is 1. The van der Waals surface area contributed by atoms with Crippen molar-refractivity contribution in [1.82, 2.24) is 10.8 Å². The Kier molecular flexibility index (Phi) is 8.30. The van der Waals surface area contributed by atoms with Crippen LogP contribution in [0, 0.1) is 5.92 Å². The van der Waals surface area contributed by atoms with Crippen LogP contribution in [0.3, 0.4) is 0 Å². The van der Waals surface area contributed by atoms with Crippen molar-refractivity contribution in [2.75, 3.05) is 18.1 Å². The standard InChI is InChI=1S/C26H34N2O4S/c29-23-9-3-20(4-10-23)18-32-24-11-7-22(8-12-24)21-5-1-19(2-6-21)17-27-26(25(30)28-31)13-15-33-16-14-26/h1-2,5-8,11-12,20,23,27,29,31H,3-4,9-10,13-18H2,(H,28,30)/t20-,23-. The Balaban J connectivity index is 1.30. The molecule has 0 bridgehead atoms. The quantitative estimate of drug-likeness (QED) is 0.342. The average Bonchev–Trinajstić information content (AvgIpc) is 2.88. The Labute approximate surface area is 200 Å². The minimum Gasteiger partial charge on any atom is -0.493 e. The molecule has 2 aliphatic rings. The molecule has 33 heavy (non-hydrogen) atoms. The van der Waals surface area contributed by atoms with Crippen LogP contribution in [0.4, 0.5) is 0 Å². The number of rotatable bonds is 8. The van der Waals surface area contributed by atoms with E-state index in [0.717, 1.165) is 59.6 Å². The summed E-state index contributed by atoms with van der Waals surface area (Å²) >= 11 is 1.84. The highest BCUT2D eigenvalue weighted by molar-refractivity contribution is 7.99. The molecule has 0 atom stereocenters. The summed E-state index contributed by atoms with van der Waals surface area (Å²) in [4.78, 5) is 12.3. The fourth-order valence-electron chi connectivity index (χ4n) is 4.67. The first-order chi connectivity index (χ1) is 16.1. The van der Waals surface area contributed by atoms with Gasteiger partial charge in [0.15, 0.2) is 0 Å². The molecule has 4 N–H and O–H groups in total. The summed E-state index contributed by atoms with van der Waals surface area (Å²) in [6.45, 7) is 1.28. The predicted octanol–water partition coefficient (Wildman–Crippen LogP) is 4.14. The van der Waals surface area contributed by atoms with E-state index in [4.69, 9.17) is 4.74 Å². The molecule has 0 aromatic heterocycles. The molecule has 2 fully saturated rings. The monoisotopic (exact) mass is 470 g/mol. The van der Waals surface area contributed by atoms with E-state index < -0.39 is 5.54 Å². The fraction of sp³-hybridized carbons (Fsp3) is 0.500. The van der Waals surface area contributed by atoms with Crippen molar-refractivity contribution in [1.29, 1.82) is 0 Å². The maximum atomic E-state index is 12.3. The summed E-state index contributed by atoms with van der Waals surface area (Å²) in [6, 6.07) is 16.5. The van der Waals surface area contributed by atoms with Gasteiger partial charge in [0.25, 0.3) is 5.91 Å². The van der Waals surface area contributed by atoms with Crippen molar-refractivity contribution >= 4 is 17.7 Å². The van der Waals surface area contributed by atoms with E-state index >= 15 is 0 Å². The SMILES string of the molecule is O=C(NO)C1(NCc2ccc(-c3ccc(OC[C@H]4CC[C@H](O)CC4)cc3)cc2)CCSCC1. The van der Waals surface area contributed by atoms with Crippen LogP contribution in [-0.4, -0.2) is 46.0 Å². The highest BCUT2D eigenvalue weighted by atomic mass is 32.2. The molecule has 1 saturated heterocycles. The smallest absolute Gasteiger partial charge is 0.263 e. The number of thioether (sulfide) groups is 1. The Morgan fingerprint density at radius 2 is 1.58 bits per heavy atom. The second kappa shape index (κ2) is 11.4. The van der Waals surface area contributed by atoms with Gasteiger partial charge in [-0.1, -0.05) is 36.4 Å². The third kappa shape index (κ3) is 6.29. The summed E-state index contributed by atoms with van der Waals surface area (Å²) in [6.07, 6.45) is 5.12. The van der Waals surface area contributed by atoms with Crippen LogP contribution in [0.5, 0.6) is 5.75 Å². The number of hydroxylamine groups is 1. The van der Waals surface area contributed by atoms with E-state index in [-0.39, 0.29) is 12.0 Å². The number of ether oxygens (including phenoxy) is 1. The van der Waals surface area contributed by atoms with Crippen molar-refractivity contribution in [2.24, 2.45) is 5.92 Å². The number of hydrogen-bond donors (Lipinski definition) is 4. The minimum absolute atomic E-state index is 0.129. The predicted molar refractivity (Wildman–Crippen MR) is 131 cm³/mol. The number of carbonyl (C=O) groups excluding carboxylic acids is 1. The van der Waals surface area contributed by atoms with Gasteiger partial charge in [-0.15, -0.1) is 0 Å². The molecule has 7 heteroatoms.